The van der Waals surface area contributed by atoms with Gasteiger partial charge in [-0.2, -0.15) is 10.2 Å². The summed E-state index contributed by atoms with van der Waals surface area (Å²) in [5.41, 5.74) is 6.66. The molecule has 2 heterocycles. The van der Waals surface area contributed by atoms with Gasteiger partial charge in [0.2, 0.25) is 0 Å². The summed E-state index contributed by atoms with van der Waals surface area (Å²) >= 11 is 11.9. The van der Waals surface area contributed by atoms with Gasteiger partial charge in [-0.1, -0.05) is 41.4 Å². The van der Waals surface area contributed by atoms with E-state index in [0.717, 1.165) is 22.6 Å². The molecule has 0 fully saturated rings. The van der Waals surface area contributed by atoms with Crippen molar-refractivity contribution in [1.82, 2.24) is 14.8 Å². The summed E-state index contributed by atoms with van der Waals surface area (Å²) in [5, 5.41) is 9.67. The number of rotatable bonds is 4. The lowest BCUT2D eigenvalue weighted by atomic mass is 10.2. The van der Waals surface area contributed by atoms with Crippen LogP contribution in [-0.4, -0.2) is 21.0 Å². The molecule has 0 bridgehead atoms. The fraction of sp³-hybridized carbons (Fsp3) is 0.118. The van der Waals surface area contributed by atoms with E-state index in [-0.39, 0.29) is 0 Å². The molecule has 0 amide bonds. The molecule has 24 heavy (non-hydrogen) atoms. The van der Waals surface area contributed by atoms with E-state index < -0.39 is 0 Å². The van der Waals surface area contributed by atoms with Gasteiger partial charge >= 0.3 is 0 Å². The topological polar surface area (TPSA) is 55.1 Å². The average Bonchev–Trinajstić information content (AvgIpc) is 2.85. The summed E-state index contributed by atoms with van der Waals surface area (Å²) in [4.78, 5) is 4.10. The number of aromatic nitrogens is 3. The lowest BCUT2D eigenvalue weighted by Gasteiger charge is -2.04. The predicted molar refractivity (Wildman–Crippen MR) is 98.5 cm³/mol. The molecule has 0 aliphatic rings. The Morgan fingerprint density at radius 1 is 1.17 bits per heavy atom. The maximum Gasteiger partial charge on any atom is 0.165 e. The summed E-state index contributed by atoms with van der Waals surface area (Å²) in [6.45, 7) is 3.95. The van der Waals surface area contributed by atoms with Gasteiger partial charge in [-0.15, -0.1) is 0 Å². The highest BCUT2D eigenvalue weighted by molar-refractivity contribution is 6.35. The summed E-state index contributed by atoms with van der Waals surface area (Å²) in [7, 11) is 0. The van der Waals surface area contributed by atoms with Crippen LogP contribution in [0.3, 0.4) is 0 Å². The standard InChI is InChI=1S/C17H15Cl2N5/c1-11-15(10-21-22-17-16(19)8-13(18)9-20-17)12(2)24(23-11)14-6-4-3-5-7-14/h3-10H,1-2H3,(H,20,22)/b21-10+. The smallest absolute Gasteiger partial charge is 0.165 e. The molecule has 0 aliphatic heterocycles. The molecular formula is C17H15Cl2N5. The van der Waals surface area contributed by atoms with Crippen molar-refractivity contribution < 1.29 is 0 Å². The molecule has 0 unspecified atom stereocenters. The van der Waals surface area contributed by atoms with Gasteiger partial charge in [0.25, 0.3) is 0 Å². The van der Waals surface area contributed by atoms with Crippen molar-refractivity contribution >= 4 is 35.2 Å². The van der Waals surface area contributed by atoms with E-state index in [1.165, 1.54) is 6.20 Å². The average molecular weight is 360 g/mol. The minimum atomic E-state index is 0.410. The Labute approximate surface area is 149 Å². The number of halogens is 2. The van der Waals surface area contributed by atoms with Gasteiger partial charge < -0.3 is 0 Å². The van der Waals surface area contributed by atoms with E-state index in [0.29, 0.717) is 15.9 Å². The molecule has 3 aromatic rings. The minimum absolute atomic E-state index is 0.410. The van der Waals surface area contributed by atoms with Gasteiger partial charge in [0.1, 0.15) is 0 Å². The SMILES string of the molecule is Cc1nn(-c2ccccc2)c(C)c1/C=N/Nc1ncc(Cl)cc1Cl. The van der Waals surface area contributed by atoms with Crippen molar-refractivity contribution in [2.75, 3.05) is 5.43 Å². The van der Waals surface area contributed by atoms with Crippen LogP contribution in [0.4, 0.5) is 5.82 Å². The van der Waals surface area contributed by atoms with Crippen molar-refractivity contribution in [2.45, 2.75) is 13.8 Å². The van der Waals surface area contributed by atoms with Crippen LogP contribution < -0.4 is 5.43 Å². The first-order valence-electron chi connectivity index (χ1n) is 7.28. The number of nitrogens with one attached hydrogen (secondary N) is 1. The van der Waals surface area contributed by atoms with Crippen LogP contribution in [0.2, 0.25) is 10.0 Å². The number of hydrogen-bond acceptors (Lipinski definition) is 4. The maximum absolute atomic E-state index is 6.06. The highest BCUT2D eigenvalue weighted by Gasteiger charge is 2.11. The van der Waals surface area contributed by atoms with Crippen LogP contribution in [0.25, 0.3) is 5.69 Å². The monoisotopic (exact) mass is 359 g/mol. The lowest BCUT2D eigenvalue weighted by molar-refractivity contribution is 0.833. The Balaban J connectivity index is 1.84. The van der Waals surface area contributed by atoms with E-state index >= 15 is 0 Å². The van der Waals surface area contributed by atoms with Gasteiger partial charge in [-0.3, -0.25) is 5.43 Å². The third kappa shape index (κ3) is 3.42. The zero-order chi connectivity index (χ0) is 17.1. The Bertz CT molecular complexity index is 887. The number of hydrazone groups is 1. The summed E-state index contributed by atoms with van der Waals surface area (Å²) in [5.74, 6) is 0.447. The Hall–Kier alpha value is -2.37. The second-order valence-corrected chi connectivity index (χ2v) is 6.03. The van der Waals surface area contributed by atoms with Crippen LogP contribution in [0.15, 0.2) is 47.7 Å². The molecule has 0 aliphatic carbocycles. The van der Waals surface area contributed by atoms with E-state index in [1.54, 1.807) is 12.3 Å². The van der Waals surface area contributed by atoms with Crippen molar-refractivity contribution in [2.24, 2.45) is 5.10 Å². The zero-order valence-electron chi connectivity index (χ0n) is 13.2. The van der Waals surface area contributed by atoms with Crippen LogP contribution in [0, 0.1) is 13.8 Å². The first-order valence-corrected chi connectivity index (χ1v) is 8.03. The molecule has 122 valence electrons. The highest BCUT2D eigenvalue weighted by Crippen LogP contribution is 2.22. The van der Waals surface area contributed by atoms with Crippen LogP contribution in [0.1, 0.15) is 17.0 Å². The van der Waals surface area contributed by atoms with Crippen molar-refractivity contribution in [3.8, 4) is 5.69 Å². The van der Waals surface area contributed by atoms with E-state index in [9.17, 15) is 0 Å². The Morgan fingerprint density at radius 3 is 2.62 bits per heavy atom. The second kappa shape index (κ2) is 7.03. The summed E-state index contributed by atoms with van der Waals surface area (Å²) < 4.78 is 1.89. The molecule has 0 atom stereocenters. The zero-order valence-corrected chi connectivity index (χ0v) is 14.7. The van der Waals surface area contributed by atoms with Gasteiger partial charge in [0.15, 0.2) is 5.82 Å². The first kappa shape index (κ1) is 16.5. The number of hydrogen-bond donors (Lipinski definition) is 1. The van der Waals surface area contributed by atoms with Gasteiger partial charge in [-0.05, 0) is 32.0 Å². The van der Waals surface area contributed by atoms with Crippen LogP contribution >= 0.6 is 23.2 Å². The van der Waals surface area contributed by atoms with Gasteiger partial charge in [0.05, 0.1) is 33.3 Å². The second-order valence-electron chi connectivity index (χ2n) is 5.19. The molecule has 3 rings (SSSR count). The van der Waals surface area contributed by atoms with E-state index in [2.05, 4.69) is 20.6 Å². The Kier molecular flexibility index (Phi) is 4.83. The summed E-state index contributed by atoms with van der Waals surface area (Å²) in [6, 6.07) is 11.6. The molecule has 1 aromatic carbocycles. The molecular weight excluding hydrogens is 345 g/mol. The predicted octanol–water partition coefficient (Wildman–Crippen LogP) is 4.64. The fourth-order valence-corrected chi connectivity index (χ4v) is 2.74. The largest absolute Gasteiger partial charge is 0.260 e. The minimum Gasteiger partial charge on any atom is -0.260 e. The summed E-state index contributed by atoms with van der Waals surface area (Å²) in [6.07, 6.45) is 3.22. The quantitative estimate of drug-likeness (QED) is 0.545. The Morgan fingerprint density at radius 2 is 1.92 bits per heavy atom. The lowest BCUT2D eigenvalue weighted by Crippen LogP contribution is -1.99. The molecule has 0 spiro atoms. The van der Waals surface area contributed by atoms with E-state index in [1.807, 2.05) is 48.9 Å². The third-order valence-electron chi connectivity index (χ3n) is 3.52. The fourth-order valence-electron chi connectivity index (χ4n) is 2.32. The molecule has 7 heteroatoms. The molecule has 1 N–H and O–H groups in total. The maximum atomic E-state index is 6.06. The number of pyridine rings is 1. The van der Waals surface area contributed by atoms with Gasteiger partial charge in [0, 0.05) is 11.8 Å². The van der Waals surface area contributed by atoms with Crippen molar-refractivity contribution in [3.63, 3.8) is 0 Å². The molecule has 0 saturated carbocycles. The number of anilines is 1. The third-order valence-corrected chi connectivity index (χ3v) is 4.01. The number of para-hydroxylation sites is 1. The first-order chi connectivity index (χ1) is 11.6. The normalized spacial score (nSPS) is 11.2. The van der Waals surface area contributed by atoms with Crippen LogP contribution in [0.5, 0.6) is 0 Å². The molecule has 2 aromatic heterocycles. The molecule has 0 radical (unpaired) electrons. The van der Waals surface area contributed by atoms with Gasteiger partial charge in [-0.25, -0.2) is 9.67 Å². The van der Waals surface area contributed by atoms with Crippen molar-refractivity contribution in [3.05, 3.63) is 69.6 Å². The van der Waals surface area contributed by atoms with Crippen molar-refractivity contribution in [1.29, 1.82) is 0 Å². The van der Waals surface area contributed by atoms with E-state index in [4.69, 9.17) is 23.2 Å². The van der Waals surface area contributed by atoms with Crippen LogP contribution in [-0.2, 0) is 0 Å². The highest BCUT2D eigenvalue weighted by atomic mass is 35.5. The number of nitrogens with zero attached hydrogens (tertiary/aromatic N) is 4. The molecule has 0 saturated heterocycles. The number of aryl methyl sites for hydroxylation is 1. The number of benzene rings is 1. The molecule has 5 nitrogen and oxygen atoms in total.